The summed E-state index contributed by atoms with van der Waals surface area (Å²) in [5.74, 6) is 0.982. The molecular weight excluding hydrogens is 444 g/mol. The topological polar surface area (TPSA) is 67.9 Å². The lowest BCUT2D eigenvalue weighted by Gasteiger charge is -2.14. The monoisotopic (exact) mass is 470 g/mol. The fourth-order valence-corrected chi connectivity index (χ4v) is 4.66. The number of hydrogen-bond donors (Lipinski definition) is 1. The highest BCUT2D eigenvalue weighted by molar-refractivity contribution is 8.26. The molecule has 32 heavy (non-hydrogen) atoms. The van der Waals surface area contributed by atoms with E-state index in [0.717, 1.165) is 22.4 Å². The molecule has 2 aromatic rings. The molecule has 0 radical (unpaired) electrons. The van der Waals surface area contributed by atoms with Crippen molar-refractivity contribution < 1.29 is 19.1 Å². The number of nitrogens with one attached hydrogen (secondary N) is 1. The van der Waals surface area contributed by atoms with Gasteiger partial charge in [0.05, 0.1) is 19.1 Å². The number of nitrogens with zero attached hydrogens (tertiary/aromatic N) is 1. The number of thioether (sulfide) groups is 1. The van der Waals surface area contributed by atoms with Crippen LogP contribution in [0.1, 0.15) is 29.5 Å². The molecule has 1 N–H and O–H groups in total. The molecule has 0 aromatic heterocycles. The maximum atomic E-state index is 12.8. The summed E-state index contributed by atoms with van der Waals surface area (Å²) in [6.45, 7) is 4.38. The number of benzene rings is 2. The van der Waals surface area contributed by atoms with Crippen molar-refractivity contribution >= 4 is 51.9 Å². The maximum absolute atomic E-state index is 12.8. The number of anilines is 1. The van der Waals surface area contributed by atoms with Crippen LogP contribution < -0.4 is 14.8 Å². The third-order valence-electron chi connectivity index (χ3n) is 5.02. The first-order chi connectivity index (χ1) is 15.3. The normalized spacial score (nSPS) is 14.8. The Morgan fingerprint density at radius 1 is 1.12 bits per heavy atom. The van der Waals surface area contributed by atoms with Gasteiger partial charge in [-0.05, 0) is 55.7 Å². The van der Waals surface area contributed by atoms with E-state index in [2.05, 4.69) is 5.32 Å². The van der Waals surface area contributed by atoms with Gasteiger partial charge < -0.3 is 14.8 Å². The lowest BCUT2D eigenvalue weighted by atomic mass is 10.1. The molecule has 0 bridgehead atoms. The number of methoxy groups -OCH3 is 2. The predicted molar refractivity (Wildman–Crippen MR) is 133 cm³/mol. The van der Waals surface area contributed by atoms with Crippen molar-refractivity contribution in [3.63, 3.8) is 0 Å². The minimum absolute atomic E-state index is 0.0803. The van der Waals surface area contributed by atoms with Gasteiger partial charge >= 0.3 is 0 Å². The van der Waals surface area contributed by atoms with Crippen LogP contribution in [0.25, 0.3) is 6.08 Å². The van der Waals surface area contributed by atoms with E-state index in [1.807, 2.05) is 44.2 Å². The molecule has 168 valence electrons. The fraction of sp³-hybridized carbons (Fsp3) is 0.292. The Balaban J connectivity index is 1.58. The molecule has 2 aromatic carbocycles. The Morgan fingerprint density at radius 3 is 2.56 bits per heavy atom. The Labute approximate surface area is 198 Å². The van der Waals surface area contributed by atoms with E-state index < -0.39 is 0 Å². The number of rotatable bonds is 8. The van der Waals surface area contributed by atoms with Crippen molar-refractivity contribution in [2.45, 2.75) is 26.7 Å². The Hall–Kier alpha value is -2.84. The molecule has 1 aliphatic heterocycles. The number of carbonyl (C=O) groups excluding carboxylic acids is 2. The zero-order valence-corrected chi connectivity index (χ0v) is 20.2. The van der Waals surface area contributed by atoms with E-state index in [-0.39, 0.29) is 11.8 Å². The molecule has 0 spiro atoms. The van der Waals surface area contributed by atoms with E-state index in [9.17, 15) is 9.59 Å². The van der Waals surface area contributed by atoms with E-state index in [1.165, 1.54) is 11.8 Å². The highest BCUT2D eigenvalue weighted by Gasteiger charge is 2.31. The Bertz CT molecular complexity index is 1080. The number of ether oxygens (including phenoxy) is 2. The van der Waals surface area contributed by atoms with Gasteiger partial charge in [0.15, 0.2) is 11.5 Å². The zero-order chi connectivity index (χ0) is 23.3. The number of thiocarbonyl (C=S) groups is 1. The quantitative estimate of drug-likeness (QED) is 0.435. The van der Waals surface area contributed by atoms with Crippen LogP contribution in [-0.2, 0) is 9.59 Å². The number of amides is 2. The first-order valence-electron chi connectivity index (χ1n) is 10.2. The molecule has 1 fully saturated rings. The van der Waals surface area contributed by atoms with Crippen LogP contribution in [0.5, 0.6) is 11.5 Å². The van der Waals surface area contributed by atoms with Crippen LogP contribution in [0.2, 0.25) is 0 Å². The first-order valence-corrected chi connectivity index (χ1v) is 11.4. The average Bonchev–Trinajstić information content (AvgIpc) is 3.03. The third-order valence-corrected chi connectivity index (χ3v) is 6.40. The maximum Gasteiger partial charge on any atom is 0.266 e. The molecule has 0 atom stereocenters. The van der Waals surface area contributed by atoms with Crippen molar-refractivity contribution in [2.75, 3.05) is 26.1 Å². The van der Waals surface area contributed by atoms with Crippen molar-refractivity contribution in [3.8, 4) is 11.5 Å². The second-order valence-electron chi connectivity index (χ2n) is 7.42. The molecule has 0 aliphatic carbocycles. The summed E-state index contributed by atoms with van der Waals surface area (Å²) in [6.07, 6.45) is 2.61. The molecule has 0 unspecified atom stereocenters. The minimum Gasteiger partial charge on any atom is -0.493 e. The standard InChI is InChI=1S/C24H26N2O4S2/c1-15-7-9-18(16(2)12-15)25-22(27)6-5-11-26-23(28)21(32-24(26)31)14-17-8-10-19(29-3)20(13-17)30-4/h7-10,12-14H,5-6,11H2,1-4H3,(H,25,27)/b21-14-. The molecule has 1 saturated heterocycles. The molecular formula is C24H26N2O4S2. The van der Waals surface area contributed by atoms with Gasteiger partial charge in [0.25, 0.3) is 5.91 Å². The summed E-state index contributed by atoms with van der Waals surface area (Å²) in [4.78, 5) is 27.2. The number of hydrogen-bond acceptors (Lipinski definition) is 6. The van der Waals surface area contributed by atoms with Gasteiger partial charge in [0.1, 0.15) is 4.32 Å². The molecule has 1 heterocycles. The van der Waals surface area contributed by atoms with Crippen LogP contribution in [-0.4, -0.2) is 41.8 Å². The van der Waals surface area contributed by atoms with Gasteiger partial charge in [-0.2, -0.15) is 0 Å². The molecule has 1 aliphatic rings. The third kappa shape index (κ3) is 5.69. The van der Waals surface area contributed by atoms with Gasteiger partial charge in [0, 0.05) is 18.7 Å². The van der Waals surface area contributed by atoms with E-state index in [0.29, 0.717) is 40.1 Å². The van der Waals surface area contributed by atoms with Crippen LogP contribution in [0.3, 0.4) is 0 Å². The van der Waals surface area contributed by atoms with Crippen molar-refractivity contribution in [3.05, 3.63) is 58.0 Å². The average molecular weight is 471 g/mol. The highest BCUT2D eigenvalue weighted by atomic mass is 32.2. The van der Waals surface area contributed by atoms with E-state index in [1.54, 1.807) is 31.3 Å². The second-order valence-corrected chi connectivity index (χ2v) is 9.09. The molecule has 2 amide bonds. The fourth-order valence-electron chi connectivity index (χ4n) is 3.35. The van der Waals surface area contributed by atoms with Gasteiger partial charge in [-0.15, -0.1) is 0 Å². The van der Waals surface area contributed by atoms with E-state index in [4.69, 9.17) is 21.7 Å². The summed E-state index contributed by atoms with van der Waals surface area (Å²) in [6, 6.07) is 11.4. The number of carbonyl (C=O) groups is 2. The van der Waals surface area contributed by atoms with Crippen LogP contribution >= 0.6 is 24.0 Å². The smallest absolute Gasteiger partial charge is 0.266 e. The second kappa shape index (κ2) is 10.7. The lowest BCUT2D eigenvalue weighted by molar-refractivity contribution is -0.122. The minimum atomic E-state index is -0.149. The van der Waals surface area contributed by atoms with Crippen molar-refractivity contribution in [2.24, 2.45) is 0 Å². The lowest BCUT2D eigenvalue weighted by Crippen LogP contribution is -2.29. The van der Waals surface area contributed by atoms with E-state index >= 15 is 0 Å². The summed E-state index contributed by atoms with van der Waals surface area (Å²) < 4.78 is 11.1. The Morgan fingerprint density at radius 2 is 1.88 bits per heavy atom. The summed E-state index contributed by atoms with van der Waals surface area (Å²) in [5.41, 5.74) is 3.80. The first kappa shape index (κ1) is 23.8. The molecule has 3 rings (SSSR count). The zero-order valence-electron chi connectivity index (χ0n) is 18.6. The van der Waals surface area contributed by atoms with Gasteiger partial charge in [-0.1, -0.05) is 47.7 Å². The predicted octanol–water partition coefficient (Wildman–Crippen LogP) is 4.94. The van der Waals surface area contributed by atoms with Crippen molar-refractivity contribution in [1.82, 2.24) is 4.90 Å². The highest BCUT2D eigenvalue weighted by Crippen LogP contribution is 2.34. The summed E-state index contributed by atoms with van der Waals surface area (Å²) in [5, 5.41) is 2.93. The van der Waals surface area contributed by atoms with Crippen LogP contribution in [0.4, 0.5) is 5.69 Å². The molecule has 0 saturated carbocycles. The van der Waals surface area contributed by atoms with Gasteiger partial charge in [-0.25, -0.2) is 0 Å². The summed E-state index contributed by atoms with van der Waals surface area (Å²) >= 11 is 6.66. The van der Waals surface area contributed by atoms with Gasteiger partial charge in [-0.3, -0.25) is 14.5 Å². The van der Waals surface area contributed by atoms with Crippen LogP contribution in [0, 0.1) is 13.8 Å². The van der Waals surface area contributed by atoms with Gasteiger partial charge in [0.2, 0.25) is 5.91 Å². The SMILES string of the molecule is COc1ccc(/C=C2\SC(=S)N(CCCC(=O)Nc3ccc(C)cc3C)C2=O)cc1OC. The summed E-state index contributed by atoms with van der Waals surface area (Å²) in [7, 11) is 3.14. The Kier molecular flexibility index (Phi) is 7.93. The number of aryl methyl sites for hydroxylation is 2. The molecule has 6 nitrogen and oxygen atoms in total. The van der Waals surface area contributed by atoms with Crippen LogP contribution in [0.15, 0.2) is 41.3 Å². The largest absolute Gasteiger partial charge is 0.493 e. The molecule has 8 heteroatoms. The van der Waals surface area contributed by atoms with Crippen molar-refractivity contribution in [1.29, 1.82) is 0 Å².